The molecule has 0 saturated carbocycles. The molecule has 0 radical (unpaired) electrons. The van der Waals surface area contributed by atoms with Gasteiger partial charge in [-0.2, -0.15) is 5.10 Å². The lowest BCUT2D eigenvalue weighted by Gasteiger charge is -2.06. The van der Waals surface area contributed by atoms with E-state index in [0.29, 0.717) is 17.0 Å². The van der Waals surface area contributed by atoms with Crippen LogP contribution in [0.25, 0.3) is 27.2 Å². The van der Waals surface area contributed by atoms with Gasteiger partial charge in [-0.1, -0.05) is 41.9 Å². The Bertz CT molecular complexity index is 1350. The maximum atomic E-state index is 12.8. The summed E-state index contributed by atoms with van der Waals surface area (Å²) in [5.74, 6) is 0. The van der Waals surface area contributed by atoms with Crippen LogP contribution in [-0.4, -0.2) is 19.3 Å². The molecule has 0 aliphatic heterocycles. The molecular weight excluding hydrogens is 404 g/mol. The highest BCUT2D eigenvalue weighted by atomic mass is 35.5. The van der Waals surface area contributed by atoms with Crippen LogP contribution in [0.5, 0.6) is 0 Å². The zero-order chi connectivity index (χ0) is 19.8. The van der Waals surface area contributed by atoms with Crippen molar-refractivity contribution in [2.24, 2.45) is 0 Å². The van der Waals surface area contributed by atoms with Gasteiger partial charge >= 0.3 is 0 Å². The lowest BCUT2D eigenvalue weighted by atomic mass is 10.1. The van der Waals surface area contributed by atoms with E-state index in [4.69, 9.17) is 16.7 Å². The molecule has 0 aliphatic rings. The number of thiophene rings is 1. The summed E-state index contributed by atoms with van der Waals surface area (Å²) in [6, 6.07) is 19.3. The first-order valence-corrected chi connectivity index (χ1v) is 10.3. The molecule has 0 amide bonds. The lowest BCUT2D eigenvalue weighted by Crippen LogP contribution is -2.20. The first kappa shape index (κ1) is 17.8. The van der Waals surface area contributed by atoms with Gasteiger partial charge in [-0.25, -0.2) is 9.67 Å². The predicted octanol–water partition coefficient (Wildman–Crippen LogP) is 5.01. The summed E-state index contributed by atoms with van der Waals surface area (Å²) in [5, 5.41) is 7.99. The zero-order valence-electron chi connectivity index (χ0n) is 15.2. The number of hydrogen-bond acceptors (Lipinski definition) is 4. The summed E-state index contributed by atoms with van der Waals surface area (Å²) in [7, 11) is 0. The van der Waals surface area contributed by atoms with Gasteiger partial charge in [-0.15, -0.1) is 11.3 Å². The number of rotatable bonds is 4. The molecule has 0 unspecified atom stereocenters. The average Bonchev–Trinajstić information content (AvgIpc) is 3.39. The first-order valence-electron chi connectivity index (χ1n) is 9.01. The third kappa shape index (κ3) is 3.37. The molecular formula is C22H15ClN4OS. The van der Waals surface area contributed by atoms with Crippen molar-refractivity contribution >= 4 is 33.2 Å². The molecule has 142 valence electrons. The van der Waals surface area contributed by atoms with Gasteiger partial charge in [0.15, 0.2) is 0 Å². The van der Waals surface area contributed by atoms with E-state index in [1.165, 1.54) is 11.3 Å². The van der Waals surface area contributed by atoms with Crippen molar-refractivity contribution in [2.45, 2.75) is 6.54 Å². The van der Waals surface area contributed by atoms with Crippen molar-refractivity contribution in [1.82, 2.24) is 19.3 Å². The van der Waals surface area contributed by atoms with Crippen LogP contribution in [0, 0.1) is 0 Å². The fourth-order valence-electron chi connectivity index (χ4n) is 3.28. The topological polar surface area (TPSA) is 52.7 Å². The molecule has 3 aromatic heterocycles. The molecule has 0 atom stereocenters. The SMILES string of the molecule is O=c1c2ccsc2ncn1Cc1cn(-c2ccccc2)nc1-c1ccc(Cl)cc1. The number of para-hydroxylation sites is 1. The van der Waals surface area contributed by atoms with E-state index in [-0.39, 0.29) is 5.56 Å². The minimum atomic E-state index is -0.0502. The Morgan fingerprint density at radius 2 is 1.79 bits per heavy atom. The molecule has 5 nitrogen and oxygen atoms in total. The van der Waals surface area contributed by atoms with Gasteiger partial charge in [0.2, 0.25) is 0 Å². The zero-order valence-corrected chi connectivity index (χ0v) is 16.8. The Morgan fingerprint density at radius 1 is 1.00 bits per heavy atom. The third-order valence-corrected chi connectivity index (χ3v) is 5.79. The van der Waals surface area contributed by atoms with Crippen molar-refractivity contribution in [1.29, 1.82) is 0 Å². The highest BCUT2D eigenvalue weighted by Gasteiger charge is 2.15. The Hall–Kier alpha value is -3.22. The van der Waals surface area contributed by atoms with Crippen molar-refractivity contribution < 1.29 is 0 Å². The Balaban J connectivity index is 1.63. The van der Waals surface area contributed by atoms with Crippen molar-refractivity contribution in [3.05, 3.63) is 99.5 Å². The molecule has 0 N–H and O–H groups in total. The summed E-state index contributed by atoms with van der Waals surface area (Å²) >= 11 is 7.52. The van der Waals surface area contributed by atoms with Crippen molar-refractivity contribution in [3.8, 4) is 16.9 Å². The number of benzene rings is 2. The lowest BCUT2D eigenvalue weighted by molar-refractivity contribution is 0.750. The van der Waals surface area contributed by atoms with Gasteiger partial charge in [0, 0.05) is 22.3 Å². The van der Waals surface area contributed by atoms with Gasteiger partial charge < -0.3 is 0 Å². The van der Waals surface area contributed by atoms with Crippen molar-refractivity contribution in [2.75, 3.05) is 0 Å². The molecule has 3 heterocycles. The number of hydrogen-bond donors (Lipinski definition) is 0. The first-order chi connectivity index (χ1) is 14.2. The van der Waals surface area contributed by atoms with Crippen LogP contribution in [0.15, 0.2) is 83.4 Å². The van der Waals surface area contributed by atoms with Crippen LogP contribution in [0.2, 0.25) is 5.02 Å². The molecule has 2 aromatic carbocycles. The van der Waals surface area contributed by atoms with Crippen LogP contribution in [0.3, 0.4) is 0 Å². The van der Waals surface area contributed by atoms with E-state index >= 15 is 0 Å². The molecule has 5 aromatic rings. The second-order valence-electron chi connectivity index (χ2n) is 6.61. The smallest absolute Gasteiger partial charge is 0.262 e. The monoisotopic (exact) mass is 418 g/mol. The molecule has 0 saturated heterocycles. The Labute approximate surface area is 175 Å². The number of fused-ring (bicyclic) bond motifs is 1. The van der Waals surface area contributed by atoms with Gasteiger partial charge in [0.25, 0.3) is 5.56 Å². The van der Waals surface area contributed by atoms with Crippen LogP contribution in [0.1, 0.15) is 5.56 Å². The van der Waals surface area contributed by atoms with E-state index in [0.717, 1.165) is 27.3 Å². The Morgan fingerprint density at radius 3 is 2.59 bits per heavy atom. The number of halogens is 1. The van der Waals surface area contributed by atoms with Crippen LogP contribution in [-0.2, 0) is 6.54 Å². The fourth-order valence-corrected chi connectivity index (χ4v) is 4.13. The van der Waals surface area contributed by atoms with Crippen molar-refractivity contribution in [3.63, 3.8) is 0 Å². The highest BCUT2D eigenvalue weighted by molar-refractivity contribution is 7.16. The molecule has 0 fully saturated rings. The maximum absolute atomic E-state index is 12.8. The van der Waals surface area contributed by atoms with E-state index < -0.39 is 0 Å². The standard InChI is InChI=1S/C22H15ClN4OS/c23-17-8-6-15(7-9-17)20-16(13-27(25-20)18-4-2-1-3-5-18)12-26-14-24-21-19(22(26)28)10-11-29-21/h1-11,13-14H,12H2. The summed E-state index contributed by atoms with van der Waals surface area (Å²) in [4.78, 5) is 18.0. The van der Waals surface area contributed by atoms with Crippen LogP contribution >= 0.6 is 22.9 Å². The van der Waals surface area contributed by atoms with E-state index in [1.54, 1.807) is 10.9 Å². The second kappa shape index (κ2) is 7.31. The third-order valence-electron chi connectivity index (χ3n) is 4.72. The summed E-state index contributed by atoms with van der Waals surface area (Å²) < 4.78 is 3.46. The molecule has 7 heteroatoms. The number of nitrogens with zero attached hydrogens (tertiary/aromatic N) is 4. The van der Waals surface area contributed by atoms with Crippen LogP contribution < -0.4 is 5.56 Å². The predicted molar refractivity (Wildman–Crippen MR) is 117 cm³/mol. The summed E-state index contributed by atoms with van der Waals surface area (Å²) in [5.41, 5.74) is 3.58. The number of aromatic nitrogens is 4. The van der Waals surface area contributed by atoms with Crippen LogP contribution in [0.4, 0.5) is 0 Å². The molecule has 0 bridgehead atoms. The minimum Gasteiger partial charge on any atom is -0.294 e. The van der Waals surface area contributed by atoms with E-state index in [1.807, 2.05) is 76.9 Å². The van der Waals surface area contributed by atoms with Gasteiger partial charge in [-0.05, 0) is 35.7 Å². The molecule has 5 rings (SSSR count). The Kier molecular flexibility index (Phi) is 4.50. The maximum Gasteiger partial charge on any atom is 0.262 e. The van der Waals surface area contributed by atoms with E-state index in [2.05, 4.69) is 4.98 Å². The average molecular weight is 419 g/mol. The quantitative estimate of drug-likeness (QED) is 0.412. The highest BCUT2D eigenvalue weighted by Crippen LogP contribution is 2.26. The van der Waals surface area contributed by atoms with Gasteiger partial charge in [-0.3, -0.25) is 9.36 Å². The second-order valence-corrected chi connectivity index (χ2v) is 7.94. The molecule has 29 heavy (non-hydrogen) atoms. The molecule has 0 aliphatic carbocycles. The van der Waals surface area contributed by atoms with Gasteiger partial charge in [0.05, 0.1) is 29.6 Å². The van der Waals surface area contributed by atoms with Gasteiger partial charge in [0.1, 0.15) is 4.83 Å². The summed E-state index contributed by atoms with van der Waals surface area (Å²) in [6.45, 7) is 0.377. The summed E-state index contributed by atoms with van der Waals surface area (Å²) in [6.07, 6.45) is 3.57. The fraction of sp³-hybridized carbons (Fsp3) is 0.0455. The molecule has 0 spiro atoms. The minimum absolute atomic E-state index is 0.0502. The van der Waals surface area contributed by atoms with E-state index in [9.17, 15) is 4.79 Å². The largest absolute Gasteiger partial charge is 0.294 e. The normalized spacial score (nSPS) is 11.2.